The van der Waals surface area contributed by atoms with Crippen LogP contribution in [0.5, 0.6) is 0 Å². The molecule has 4 atom stereocenters. The molecule has 1 N–H and O–H groups in total. The van der Waals surface area contributed by atoms with Crippen molar-refractivity contribution in [2.45, 2.75) is 32.7 Å². The molecule has 5 nitrogen and oxygen atoms in total. The van der Waals surface area contributed by atoms with Crippen LogP contribution in [0.4, 0.5) is 4.79 Å². The Bertz CT molecular complexity index is 358. The average Bonchev–Trinajstić information content (AvgIpc) is 2.84. The van der Waals surface area contributed by atoms with E-state index >= 15 is 0 Å². The van der Waals surface area contributed by atoms with Gasteiger partial charge in [0.25, 0.3) is 0 Å². The van der Waals surface area contributed by atoms with E-state index in [4.69, 9.17) is 5.11 Å². The molecule has 102 valence electrons. The minimum absolute atomic E-state index is 0.0228. The molecule has 1 aliphatic carbocycles. The molecule has 0 aromatic rings. The number of carbonyl (C=O) groups excluding carboxylic acids is 1. The molecule has 1 aliphatic heterocycles. The lowest BCUT2D eigenvalue weighted by molar-refractivity contribution is -0.142. The highest BCUT2D eigenvalue weighted by molar-refractivity contribution is 5.78. The third kappa shape index (κ3) is 2.44. The molecule has 2 aliphatic rings. The van der Waals surface area contributed by atoms with Crippen LogP contribution in [0.15, 0.2) is 0 Å². The average molecular weight is 254 g/mol. The van der Waals surface area contributed by atoms with Gasteiger partial charge < -0.3 is 14.9 Å². The van der Waals surface area contributed by atoms with E-state index in [-0.39, 0.29) is 12.1 Å². The van der Waals surface area contributed by atoms with Crippen LogP contribution < -0.4 is 0 Å². The van der Waals surface area contributed by atoms with Crippen LogP contribution in [-0.4, -0.2) is 53.1 Å². The van der Waals surface area contributed by atoms with Crippen molar-refractivity contribution < 1.29 is 14.7 Å². The first-order valence-corrected chi connectivity index (χ1v) is 6.66. The number of hydrogen-bond acceptors (Lipinski definition) is 2. The van der Waals surface area contributed by atoms with Crippen molar-refractivity contribution in [2.75, 3.05) is 20.1 Å². The van der Waals surface area contributed by atoms with Crippen molar-refractivity contribution in [3.63, 3.8) is 0 Å². The molecule has 1 heterocycles. The van der Waals surface area contributed by atoms with Gasteiger partial charge >= 0.3 is 12.0 Å². The monoisotopic (exact) mass is 254 g/mol. The number of aliphatic carboxylic acids is 1. The Morgan fingerprint density at radius 3 is 2.44 bits per heavy atom. The molecule has 5 heteroatoms. The Morgan fingerprint density at radius 2 is 2.00 bits per heavy atom. The summed E-state index contributed by atoms with van der Waals surface area (Å²) in [5.41, 5.74) is 0. The van der Waals surface area contributed by atoms with Crippen LogP contribution in [0.2, 0.25) is 0 Å². The Hall–Kier alpha value is -1.26. The van der Waals surface area contributed by atoms with E-state index in [1.54, 1.807) is 9.80 Å². The highest BCUT2D eigenvalue weighted by Crippen LogP contribution is 2.38. The third-order valence-corrected chi connectivity index (χ3v) is 4.43. The molecule has 0 aromatic carbocycles. The van der Waals surface area contributed by atoms with E-state index in [1.807, 2.05) is 14.0 Å². The molecule has 0 spiro atoms. The minimum atomic E-state index is -0.795. The zero-order valence-electron chi connectivity index (χ0n) is 11.3. The smallest absolute Gasteiger partial charge is 0.320 e. The normalized spacial score (nSPS) is 34.5. The van der Waals surface area contributed by atoms with Gasteiger partial charge in [-0.15, -0.1) is 0 Å². The number of hydrogen-bond donors (Lipinski definition) is 1. The summed E-state index contributed by atoms with van der Waals surface area (Å²) < 4.78 is 0. The summed E-state index contributed by atoms with van der Waals surface area (Å²) in [6, 6.07) is -0.223. The number of rotatable bonds is 3. The quantitative estimate of drug-likeness (QED) is 0.830. The molecule has 1 saturated carbocycles. The number of carbonyl (C=O) groups is 2. The van der Waals surface area contributed by atoms with Crippen LogP contribution >= 0.6 is 0 Å². The maximum absolute atomic E-state index is 12.3. The number of amides is 2. The second kappa shape index (κ2) is 4.78. The van der Waals surface area contributed by atoms with E-state index in [9.17, 15) is 9.59 Å². The molecule has 0 bridgehead atoms. The first-order chi connectivity index (χ1) is 8.41. The van der Waals surface area contributed by atoms with Gasteiger partial charge in [-0.3, -0.25) is 4.79 Å². The largest absolute Gasteiger partial charge is 0.481 e. The summed E-state index contributed by atoms with van der Waals surface area (Å²) in [6.45, 7) is 5.38. The maximum atomic E-state index is 12.3. The molecule has 2 rings (SSSR count). The van der Waals surface area contributed by atoms with Gasteiger partial charge in [-0.25, -0.2) is 4.79 Å². The zero-order valence-corrected chi connectivity index (χ0v) is 11.3. The summed E-state index contributed by atoms with van der Waals surface area (Å²) in [6.07, 6.45) is 1.76. The summed E-state index contributed by atoms with van der Waals surface area (Å²) in [7, 11) is 1.81. The van der Waals surface area contributed by atoms with Gasteiger partial charge in [0, 0.05) is 26.2 Å². The first-order valence-electron chi connectivity index (χ1n) is 6.66. The molecule has 0 aromatic heterocycles. The van der Waals surface area contributed by atoms with Gasteiger partial charge in [-0.2, -0.15) is 0 Å². The second-order valence-electron chi connectivity index (χ2n) is 5.80. The van der Waals surface area contributed by atoms with Crippen LogP contribution in [0.1, 0.15) is 26.7 Å². The van der Waals surface area contributed by atoms with Gasteiger partial charge in [0.15, 0.2) is 0 Å². The number of nitrogens with zero attached hydrogens (tertiary/aromatic N) is 2. The molecule has 4 unspecified atom stereocenters. The number of carboxylic acid groups (broad SMARTS) is 1. The standard InChI is InChI=1S/C13H22N2O3/c1-8-6-10(8)7-14(3)13(18)15-5-4-11(9(15)2)12(16)17/h8-11H,4-7H2,1-3H3,(H,16,17). The van der Waals surface area contributed by atoms with Crippen LogP contribution in [0.3, 0.4) is 0 Å². The van der Waals surface area contributed by atoms with Crippen LogP contribution in [-0.2, 0) is 4.79 Å². The van der Waals surface area contributed by atoms with E-state index in [1.165, 1.54) is 6.42 Å². The predicted octanol–water partition coefficient (Wildman–Crippen LogP) is 1.49. The molecular weight excluding hydrogens is 232 g/mol. The second-order valence-corrected chi connectivity index (χ2v) is 5.80. The Labute approximate surface area is 108 Å². The highest BCUT2D eigenvalue weighted by Gasteiger charge is 2.40. The van der Waals surface area contributed by atoms with Crippen molar-refractivity contribution in [3.8, 4) is 0 Å². The zero-order chi connectivity index (χ0) is 13.4. The van der Waals surface area contributed by atoms with Gasteiger partial charge in [0.1, 0.15) is 0 Å². The summed E-state index contributed by atoms with van der Waals surface area (Å²) >= 11 is 0. The van der Waals surface area contributed by atoms with Gasteiger partial charge in [-0.1, -0.05) is 6.92 Å². The number of urea groups is 1. The summed E-state index contributed by atoms with van der Waals surface area (Å²) in [4.78, 5) is 26.7. The molecule has 18 heavy (non-hydrogen) atoms. The fourth-order valence-corrected chi connectivity index (χ4v) is 2.84. The summed E-state index contributed by atoms with van der Waals surface area (Å²) in [5, 5.41) is 9.06. The lowest BCUT2D eigenvalue weighted by Gasteiger charge is -2.28. The number of carboxylic acids is 1. The molecule has 2 fully saturated rings. The topological polar surface area (TPSA) is 60.9 Å². The fraction of sp³-hybridized carbons (Fsp3) is 0.846. The Kier molecular flexibility index (Phi) is 3.50. The van der Waals surface area contributed by atoms with E-state index in [0.717, 1.165) is 12.5 Å². The molecular formula is C13H22N2O3. The number of likely N-dealkylation sites (tertiary alicyclic amines) is 1. The first kappa shape index (κ1) is 13.2. The Morgan fingerprint density at radius 1 is 1.39 bits per heavy atom. The molecule has 0 radical (unpaired) electrons. The predicted molar refractivity (Wildman–Crippen MR) is 67.2 cm³/mol. The Balaban J connectivity index is 1.91. The van der Waals surface area contributed by atoms with Crippen molar-refractivity contribution in [2.24, 2.45) is 17.8 Å². The maximum Gasteiger partial charge on any atom is 0.320 e. The van der Waals surface area contributed by atoms with E-state index in [2.05, 4.69) is 6.92 Å². The molecule has 1 saturated heterocycles. The van der Waals surface area contributed by atoms with Crippen molar-refractivity contribution >= 4 is 12.0 Å². The van der Waals surface area contributed by atoms with Crippen LogP contribution in [0, 0.1) is 17.8 Å². The minimum Gasteiger partial charge on any atom is -0.481 e. The van der Waals surface area contributed by atoms with Gasteiger partial charge in [0.2, 0.25) is 0 Å². The molecule has 2 amide bonds. The fourth-order valence-electron chi connectivity index (χ4n) is 2.84. The van der Waals surface area contributed by atoms with E-state index < -0.39 is 11.9 Å². The van der Waals surface area contributed by atoms with E-state index in [0.29, 0.717) is 18.9 Å². The van der Waals surface area contributed by atoms with Crippen molar-refractivity contribution in [1.82, 2.24) is 9.80 Å². The SMILES string of the molecule is CC1CC1CN(C)C(=O)N1CCC(C(=O)O)C1C. The highest BCUT2D eigenvalue weighted by atomic mass is 16.4. The lowest BCUT2D eigenvalue weighted by atomic mass is 10.0. The van der Waals surface area contributed by atoms with Crippen LogP contribution in [0.25, 0.3) is 0 Å². The van der Waals surface area contributed by atoms with Crippen molar-refractivity contribution in [1.29, 1.82) is 0 Å². The third-order valence-electron chi connectivity index (χ3n) is 4.43. The lowest BCUT2D eigenvalue weighted by Crippen LogP contribution is -2.45. The van der Waals surface area contributed by atoms with Gasteiger partial charge in [-0.05, 0) is 31.6 Å². The summed E-state index contributed by atoms with van der Waals surface area (Å²) in [5.74, 6) is 0.147. The van der Waals surface area contributed by atoms with Crippen molar-refractivity contribution in [3.05, 3.63) is 0 Å². The van der Waals surface area contributed by atoms with Gasteiger partial charge in [0.05, 0.1) is 5.92 Å².